The van der Waals surface area contributed by atoms with Gasteiger partial charge in [-0.05, 0) is 43.2 Å². The van der Waals surface area contributed by atoms with Crippen LogP contribution in [0.2, 0.25) is 0 Å². The van der Waals surface area contributed by atoms with Gasteiger partial charge in [-0.1, -0.05) is 15.9 Å². The highest BCUT2D eigenvalue weighted by Gasteiger charge is 2.04. The van der Waals surface area contributed by atoms with E-state index in [0.29, 0.717) is 0 Å². The molecule has 0 saturated carbocycles. The van der Waals surface area contributed by atoms with Gasteiger partial charge in [-0.25, -0.2) is 0 Å². The number of anilines is 1. The topological polar surface area (TPSA) is 40.7 Å². The normalized spacial score (nSPS) is 10.4. The highest BCUT2D eigenvalue weighted by atomic mass is 79.9. The number of H-pyrrole nitrogens is 1. The molecular formula is C12H14BrN3. The molecule has 84 valence electrons. The summed E-state index contributed by atoms with van der Waals surface area (Å²) >= 11 is 3.49. The van der Waals surface area contributed by atoms with Crippen LogP contribution < -0.4 is 5.32 Å². The Labute approximate surface area is 103 Å². The van der Waals surface area contributed by atoms with Crippen LogP contribution >= 0.6 is 15.9 Å². The summed E-state index contributed by atoms with van der Waals surface area (Å²) in [5.41, 5.74) is 4.76. The minimum Gasteiger partial charge on any atom is -0.379 e. The summed E-state index contributed by atoms with van der Waals surface area (Å²) in [4.78, 5) is 0. The van der Waals surface area contributed by atoms with Crippen LogP contribution in [0.4, 0.5) is 5.69 Å². The van der Waals surface area contributed by atoms with Crippen molar-refractivity contribution >= 4 is 21.6 Å². The van der Waals surface area contributed by atoms with Gasteiger partial charge in [0.15, 0.2) is 0 Å². The Hall–Kier alpha value is -1.29. The van der Waals surface area contributed by atoms with Gasteiger partial charge in [0.1, 0.15) is 0 Å². The molecule has 0 radical (unpaired) electrons. The lowest BCUT2D eigenvalue weighted by Gasteiger charge is -2.12. The van der Waals surface area contributed by atoms with E-state index in [9.17, 15) is 0 Å². The van der Waals surface area contributed by atoms with Crippen molar-refractivity contribution < 1.29 is 0 Å². The van der Waals surface area contributed by atoms with Gasteiger partial charge >= 0.3 is 0 Å². The molecule has 0 unspecified atom stereocenters. The van der Waals surface area contributed by atoms with Gasteiger partial charge in [0, 0.05) is 16.4 Å². The summed E-state index contributed by atoms with van der Waals surface area (Å²) in [6.45, 7) is 4.98. The number of nitrogens with one attached hydrogen (secondary N) is 2. The van der Waals surface area contributed by atoms with E-state index in [1.165, 1.54) is 16.8 Å². The number of halogens is 1. The first kappa shape index (κ1) is 11.2. The van der Waals surface area contributed by atoms with Gasteiger partial charge in [-0.15, -0.1) is 0 Å². The monoisotopic (exact) mass is 279 g/mol. The Morgan fingerprint density at radius 3 is 2.56 bits per heavy atom. The van der Waals surface area contributed by atoms with Gasteiger partial charge < -0.3 is 5.32 Å². The van der Waals surface area contributed by atoms with Crippen molar-refractivity contribution in [2.45, 2.75) is 20.4 Å². The molecule has 16 heavy (non-hydrogen) atoms. The lowest BCUT2D eigenvalue weighted by atomic mass is 10.1. The van der Waals surface area contributed by atoms with Crippen molar-refractivity contribution in [2.75, 3.05) is 5.32 Å². The molecule has 0 aliphatic rings. The lowest BCUT2D eigenvalue weighted by molar-refractivity contribution is 0.978. The highest BCUT2D eigenvalue weighted by molar-refractivity contribution is 9.10. The van der Waals surface area contributed by atoms with Crippen LogP contribution in [-0.4, -0.2) is 10.2 Å². The Kier molecular flexibility index (Phi) is 3.29. The minimum absolute atomic E-state index is 0.767. The van der Waals surface area contributed by atoms with Crippen molar-refractivity contribution in [1.29, 1.82) is 0 Å². The first-order valence-electron chi connectivity index (χ1n) is 5.15. The third-order valence-electron chi connectivity index (χ3n) is 2.51. The molecule has 2 aromatic rings. The molecule has 0 saturated heterocycles. The fraction of sp³-hybridized carbons (Fsp3) is 0.250. The Morgan fingerprint density at radius 1 is 1.31 bits per heavy atom. The number of aromatic nitrogens is 2. The SMILES string of the molecule is Cc1cc(Br)cc(C)c1NCc1ccn[nH]1. The number of hydrogen-bond donors (Lipinski definition) is 2. The summed E-state index contributed by atoms with van der Waals surface area (Å²) in [5, 5.41) is 10.3. The number of rotatable bonds is 3. The largest absolute Gasteiger partial charge is 0.379 e. The average molecular weight is 280 g/mol. The fourth-order valence-electron chi connectivity index (χ4n) is 1.76. The molecule has 3 nitrogen and oxygen atoms in total. The van der Waals surface area contributed by atoms with Crippen molar-refractivity contribution in [3.63, 3.8) is 0 Å². The summed E-state index contributed by atoms with van der Waals surface area (Å²) < 4.78 is 1.12. The van der Waals surface area contributed by atoms with E-state index in [4.69, 9.17) is 0 Å². The van der Waals surface area contributed by atoms with Crippen LogP contribution in [0.25, 0.3) is 0 Å². The molecule has 0 fully saturated rings. The Balaban J connectivity index is 2.15. The van der Waals surface area contributed by atoms with E-state index in [-0.39, 0.29) is 0 Å². The molecule has 2 rings (SSSR count). The van der Waals surface area contributed by atoms with Crippen LogP contribution in [0.3, 0.4) is 0 Å². The summed E-state index contributed by atoms with van der Waals surface area (Å²) in [6, 6.07) is 6.20. The lowest BCUT2D eigenvalue weighted by Crippen LogP contribution is -2.03. The van der Waals surface area contributed by atoms with E-state index in [2.05, 4.69) is 57.4 Å². The maximum Gasteiger partial charge on any atom is 0.0567 e. The predicted octanol–water partition coefficient (Wildman–Crippen LogP) is 3.40. The van der Waals surface area contributed by atoms with Crippen LogP contribution in [0.5, 0.6) is 0 Å². The molecule has 0 aliphatic heterocycles. The van der Waals surface area contributed by atoms with E-state index < -0.39 is 0 Å². The van der Waals surface area contributed by atoms with Crippen LogP contribution in [0, 0.1) is 13.8 Å². The molecule has 2 N–H and O–H groups in total. The zero-order valence-electron chi connectivity index (χ0n) is 9.34. The van der Waals surface area contributed by atoms with Crippen LogP contribution in [0.15, 0.2) is 28.9 Å². The number of nitrogens with zero attached hydrogens (tertiary/aromatic N) is 1. The molecule has 0 amide bonds. The second-order valence-electron chi connectivity index (χ2n) is 3.85. The Morgan fingerprint density at radius 2 is 2.00 bits per heavy atom. The van der Waals surface area contributed by atoms with E-state index in [1.54, 1.807) is 6.20 Å². The molecular weight excluding hydrogens is 266 g/mol. The molecule has 1 heterocycles. The molecule has 0 aliphatic carbocycles. The zero-order chi connectivity index (χ0) is 11.5. The number of hydrogen-bond acceptors (Lipinski definition) is 2. The van der Waals surface area contributed by atoms with Crippen molar-refractivity contribution in [3.8, 4) is 0 Å². The average Bonchev–Trinajstić information content (AvgIpc) is 2.68. The van der Waals surface area contributed by atoms with Crippen molar-refractivity contribution in [2.24, 2.45) is 0 Å². The van der Waals surface area contributed by atoms with Gasteiger partial charge in [-0.2, -0.15) is 5.10 Å². The molecule has 4 heteroatoms. The second-order valence-corrected chi connectivity index (χ2v) is 4.77. The molecule has 0 spiro atoms. The van der Waals surface area contributed by atoms with Crippen LogP contribution in [-0.2, 0) is 6.54 Å². The quantitative estimate of drug-likeness (QED) is 0.904. The second kappa shape index (κ2) is 4.70. The van der Waals surface area contributed by atoms with E-state index in [0.717, 1.165) is 16.7 Å². The standard InChI is InChI=1S/C12H14BrN3/c1-8-5-10(13)6-9(2)12(8)14-7-11-3-4-15-16-11/h3-6,14H,7H2,1-2H3,(H,15,16). The number of aryl methyl sites for hydroxylation is 2. The smallest absolute Gasteiger partial charge is 0.0567 e. The maximum absolute atomic E-state index is 3.92. The van der Waals surface area contributed by atoms with Crippen molar-refractivity contribution in [1.82, 2.24) is 10.2 Å². The minimum atomic E-state index is 0.767. The van der Waals surface area contributed by atoms with Gasteiger partial charge in [0.05, 0.1) is 12.2 Å². The molecule has 1 aromatic heterocycles. The van der Waals surface area contributed by atoms with E-state index >= 15 is 0 Å². The molecule has 0 bridgehead atoms. The van der Waals surface area contributed by atoms with Gasteiger partial charge in [-0.3, -0.25) is 5.10 Å². The molecule has 1 aromatic carbocycles. The zero-order valence-corrected chi connectivity index (χ0v) is 10.9. The first-order valence-corrected chi connectivity index (χ1v) is 5.95. The fourth-order valence-corrected chi connectivity index (χ4v) is 2.44. The summed E-state index contributed by atoms with van der Waals surface area (Å²) in [5.74, 6) is 0. The Bertz CT molecular complexity index is 454. The van der Waals surface area contributed by atoms with Gasteiger partial charge in [0.2, 0.25) is 0 Å². The van der Waals surface area contributed by atoms with E-state index in [1.807, 2.05) is 6.07 Å². The third kappa shape index (κ3) is 2.44. The highest BCUT2D eigenvalue weighted by Crippen LogP contribution is 2.25. The first-order chi connectivity index (χ1) is 7.66. The van der Waals surface area contributed by atoms with Crippen molar-refractivity contribution in [3.05, 3.63) is 45.7 Å². The summed E-state index contributed by atoms with van der Waals surface area (Å²) in [7, 11) is 0. The number of aromatic amines is 1. The molecule has 0 atom stereocenters. The summed E-state index contributed by atoms with van der Waals surface area (Å²) in [6.07, 6.45) is 1.76. The third-order valence-corrected chi connectivity index (χ3v) is 2.97. The van der Waals surface area contributed by atoms with Gasteiger partial charge in [0.25, 0.3) is 0 Å². The predicted molar refractivity (Wildman–Crippen MR) is 69.5 cm³/mol. The maximum atomic E-state index is 3.92. The van der Waals surface area contributed by atoms with Crippen LogP contribution in [0.1, 0.15) is 16.8 Å². The number of benzene rings is 1.